The van der Waals surface area contributed by atoms with E-state index >= 15 is 0 Å². The monoisotopic (exact) mass is 335 g/mol. The molecule has 1 rings (SSSR count). The molecule has 21 heavy (non-hydrogen) atoms. The molecule has 1 aromatic carbocycles. The minimum atomic E-state index is -3.97. The second kappa shape index (κ2) is 7.70. The largest absolute Gasteiger partial charge is 0.497 e. The summed E-state index contributed by atoms with van der Waals surface area (Å²) in [5.74, 6) is 1.24. The Morgan fingerprint density at radius 1 is 1.14 bits per heavy atom. The second-order valence-electron chi connectivity index (χ2n) is 3.75. The number of rotatable bonds is 8. The van der Waals surface area contributed by atoms with Crippen LogP contribution in [0.2, 0.25) is 0 Å². The molecule has 0 saturated carbocycles. The van der Waals surface area contributed by atoms with Crippen molar-refractivity contribution in [2.45, 2.75) is 18.7 Å². The highest BCUT2D eigenvalue weighted by atomic mass is 32.2. The van der Waals surface area contributed by atoms with Gasteiger partial charge in [0, 0.05) is 0 Å². The molecular weight excluding hydrogens is 317 g/mol. The first-order valence-corrected chi connectivity index (χ1v) is 9.26. The maximum atomic E-state index is 12.1. The average molecular weight is 335 g/mol. The molecule has 0 aromatic heterocycles. The lowest BCUT2D eigenvalue weighted by Gasteiger charge is -2.11. The minimum Gasteiger partial charge on any atom is -0.497 e. The van der Waals surface area contributed by atoms with Crippen LogP contribution in [0.5, 0.6) is 5.75 Å². The van der Waals surface area contributed by atoms with Crippen LogP contribution in [0.25, 0.3) is 0 Å². The van der Waals surface area contributed by atoms with E-state index in [1.807, 2.05) is 0 Å². The highest BCUT2D eigenvalue weighted by molar-refractivity contribution is 7.91. The third-order valence-corrected chi connectivity index (χ3v) is 5.34. The van der Waals surface area contributed by atoms with Gasteiger partial charge in [-0.2, -0.15) is 12.8 Å². The molecule has 0 aliphatic rings. The Morgan fingerprint density at radius 3 is 2.10 bits per heavy atom. The van der Waals surface area contributed by atoms with E-state index in [0.29, 0.717) is 5.75 Å². The molecule has 118 valence electrons. The Hall–Kier alpha value is -1.21. The minimum absolute atomic E-state index is 0.0425. The molecule has 0 fully saturated rings. The van der Waals surface area contributed by atoms with Crippen molar-refractivity contribution in [3.05, 3.63) is 24.3 Å². The van der Waals surface area contributed by atoms with Crippen LogP contribution in [0.4, 0.5) is 0 Å². The predicted octanol–water partition coefficient (Wildman–Crippen LogP) is 2.68. The SMILES string of the molecule is CCOP(=O)(C=NS(=O)(=O)c1ccc(OC)cc1)OCC. The highest BCUT2D eigenvalue weighted by Gasteiger charge is 2.23. The van der Waals surface area contributed by atoms with Gasteiger partial charge in [0.1, 0.15) is 11.7 Å². The number of hydrogen-bond acceptors (Lipinski definition) is 6. The summed E-state index contributed by atoms with van der Waals surface area (Å²) >= 11 is 0. The van der Waals surface area contributed by atoms with Crippen LogP contribution in [0.3, 0.4) is 0 Å². The standard InChI is InChI=1S/C12H18NO6PS/c1-4-18-20(14,19-5-2)10-13-21(15,16)12-8-6-11(17-3)7-9-12/h6-10H,4-5H2,1-3H3. The number of nitrogens with zero attached hydrogens (tertiary/aromatic N) is 1. The molecule has 0 saturated heterocycles. The van der Waals surface area contributed by atoms with Crippen molar-refractivity contribution in [3.8, 4) is 5.75 Å². The zero-order valence-electron chi connectivity index (χ0n) is 12.1. The zero-order chi connectivity index (χ0) is 15.9. The van der Waals surface area contributed by atoms with Crippen LogP contribution >= 0.6 is 7.60 Å². The molecule has 1 aromatic rings. The number of methoxy groups -OCH3 is 1. The summed E-state index contributed by atoms with van der Waals surface area (Å²) in [4.78, 5) is -0.0425. The van der Waals surface area contributed by atoms with Gasteiger partial charge in [0.15, 0.2) is 0 Å². The van der Waals surface area contributed by atoms with Crippen molar-refractivity contribution in [1.82, 2.24) is 0 Å². The molecule has 9 heteroatoms. The van der Waals surface area contributed by atoms with E-state index in [1.54, 1.807) is 13.8 Å². The van der Waals surface area contributed by atoms with Crippen LogP contribution in [-0.2, 0) is 23.6 Å². The van der Waals surface area contributed by atoms with E-state index < -0.39 is 17.6 Å². The van der Waals surface area contributed by atoms with Crippen molar-refractivity contribution >= 4 is 23.6 Å². The number of benzene rings is 1. The van der Waals surface area contributed by atoms with Gasteiger partial charge >= 0.3 is 7.60 Å². The Bertz CT molecular complexity index is 616. The van der Waals surface area contributed by atoms with Crippen LogP contribution in [0, 0.1) is 0 Å². The van der Waals surface area contributed by atoms with Crippen molar-refractivity contribution in [2.24, 2.45) is 4.40 Å². The molecule has 0 radical (unpaired) electrons. The zero-order valence-corrected chi connectivity index (χ0v) is 13.8. The Labute approximate surface area is 124 Å². The van der Waals surface area contributed by atoms with Crippen LogP contribution < -0.4 is 4.74 Å². The quantitative estimate of drug-likeness (QED) is 0.536. The topological polar surface area (TPSA) is 91.3 Å². The molecule has 7 nitrogen and oxygen atoms in total. The van der Waals surface area contributed by atoms with Crippen LogP contribution in [-0.4, -0.2) is 34.7 Å². The summed E-state index contributed by atoms with van der Waals surface area (Å²) < 4.78 is 54.3. The van der Waals surface area contributed by atoms with Crippen molar-refractivity contribution in [2.75, 3.05) is 20.3 Å². The third kappa shape index (κ3) is 5.24. The summed E-state index contributed by atoms with van der Waals surface area (Å²) in [6.07, 6.45) is 0. The summed E-state index contributed by atoms with van der Waals surface area (Å²) in [5, 5.41) is 0. The van der Waals surface area contributed by atoms with Crippen LogP contribution in [0.1, 0.15) is 13.8 Å². The van der Waals surface area contributed by atoms with Gasteiger partial charge in [-0.25, -0.2) is 0 Å². The highest BCUT2D eigenvalue weighted by Crippen LogP contribution is 2.45. The van der Waals surface area contributed by atoms with Crippen LogP contribution in [0.15, 0.2) is 33.6 Å². The third-order valence-electron chi connectivity index (χ3n) is 2.30. The number of ether oxygens (including phenoxy) is 1. The van der Waals surface area contributed by atoms with E-state index in [1.165, 1.54) is 31.4 Å². The Kier molecular flexibility index (Phi) is 6.54. The number of sulfonamides is 1. The molecule has 0 atom stereocenters. The van der Waals surface area contributed by atoms with Gasteiger partial charge in [-0.05, 0) is 38.1 Å². The molecule has 0 N–H and O–H groups in total. The van der Waals surface area contributed by atoms with Crippen molar-refractivity contribution in [3.63, 3.8) is 0 Å². The van der Waals surface area contributed by atoms with Gasteiger partial charge in [-0.3, -0.25) is 4.57 Å². The van der Waals surface area contributed by atoms with E-state index in [4.69, 9.17) is 13.8 Å². The summed E-state index contributed by atoms with van der Waals surface area (Å²) in [7, 11) is -6.15. The lowest BCUT2D eigenvalue weighted by molar-refractivity contribution is 0.233. The van der Waals surface area contributed by atoms with Gasteiger partial charge in [0.2, 0.25) is 0 Å². The first-order chi connectivity index (χ1) is 9.87. The maximum absolute atomic E-state index is 12.1. The first kappa shape index (κ1) is 17.8. The molecule has 0 amide bonds. The Morgan fingerprint density at radius 2 is 1.67 bits per heavy atom. The number of hydrogen-bond donors (Lipinski definition) is 0. The fraction of sp³-hybridized carbons (Fsp3) is 0.417. The molecule has 0 heterocycles. The van der Waals surface area contributed by atoms with E-state index in [9.17, 15) is 13.0 Å². The van der Waals surface area contributed by atoms with Gasteiger partial charge < -0.3 is 13.8 Å². The molecule has 0 aliphatic carbocycles. The predicted molar refractivity (Wildman–Crippen MR) is 79.5 cm³/mol. The molecule has 0 bridgehead atoms. The summed E-state index contributed by atoms with van der Waals surface area (Å²) in [6.45, 7) is 3.48. The van der Waals surface area contributed by atoms with Crippen molar-refractivity contribution < 1.29 is 26.8 Å². The average Bonchev–Trinajstić information content (AvgIpc) is 2.46. The smallest absolute Gasteiger partial charge is 0.373 e. The maximum Gasteiger partial charge on any atom is 0.373 e. The lowest BCUT2D eigenvalue weighted by Crippen LogP contribution is -2.01. The molecule has 0 unspecified atom stereocenters. The first-order valence-electron chi connectivity index (χ1n) is 6.21. The van der Waals surface area contributed by atoms with E-state index in [0.717, 1.165) is 5.96 Å². The normalized spacial score (nSPS) is 12.7. The Balaban J connectivity index is 3.01. The molecular formula is C12H18NO6PS. The fourth-order valence-electron chi connectivity index (χ4n) is 1.39. The summed E-state index contributed by atoms with van der Waals surface area (Å²) in [6, 6.07) is 5.68. The fourth-order valence-corrected chi connectivity index (χ4v) is 3.88. The van der Waals surface area contributed by atoms with Gasteiger partial charge in [-0.1, -0.05) is 0 Å². The summed E-state index contributed by atoms with van der Waals surface area (Å²) in [5.41, 5.74) is 0. The van der Waals surface area contributed by atoms with E-state index in [-0.39, 0.29) is 18.1 Å². The lowest BCUT2D eigenvalue weighted by atomic mass is 10.3. The second-order valence-corrected chi connectivity index (χ2v) is 7.21. The van der Waals surface area contributed by atoms with Crippen molar-refractivity contribution in [1.29, 1.82) is 0 Å². The van der Waals surface area contributed by atoms with E-state index in [2.05, 4.69) is 4.40 Å². The van der Waals surface area contributed by atoms with Gasteiger partial charge in [0.25, 0.3) is 10.0 Å². The van der Waals surface area contributed by atoms with Gasteiger partial charge in [0.05, 0.1) is 25.2 Å². The molecule has 0 spiro atoms. The van der Waals surface area contributed by atoms with Gasteiger partial charge in [-0.15, -0.1) is 0 Å². The molecule has 0 aliphatic heterocycles.